The summed E-state index contributed by atoms with van der Waals surface area (Å²) in [5, 5.41) is 8.64. The third kappa shape index (κ3) is 2.94. The van der Waals surface area contributed by atoms with Crippen LogP contribution in [0.2, 0.25) is 0 Å². The van der Waals surface area contributed by atoms with Gasteiger partial charge in [0.25, 0.3) is 0 Å². The van der Waals surface area contributed by atoms with Crippen LogP contribution in [0.4, 0.5) is 15.9 Å². The first-order valence-corrected chi connectivity index (χ1v) is 7.51. The van der Waals surface area contributed by atoms with Gasteiger partial charge in [-0.25, -0.2) is 14.4 Å². The number of rotatable bonds is 4. The predicted octanol–water partition coefficient (Wildman–Crippen LogP) is 3.76. The standard InChI is InChI=1S/C18H14FN5/c19-15-3-1-2-13(8-15)11-24-17-5-4-16(9-14(17)10-22-24)23-18-6-7-20-12-21-18/h1-10,12H,11H2,(H,20,21,23). The molecule has 4 rings (SSSR count). The van der Waals surface area contributed by atoms with Crippen molar-refractivity contribution in [3.05, 3.63) is 78.6 Å². The molecule has 6 heteroatoms. The molecule has 0 fully saturated rings. The van der Waals surface area contributed by atoms with E-state index >= 15 is 0 Å². The highest BCUT2D eigenvalue weighted by Crippen LogP contribution is 2.22. The third-order valence-corrected chi connectivity index (χ3v) is 3.72. The summed E-state index contributed by atoms with van der Waals surface area (Å²) in [6.45, 7) is 0.528. The fourth-order valence-electron chi connectivity index (χ4n) is 2.61. The van der Waals surface area contributed by atoms with Gasteiger partial charge < -0.3 is 5.32 Å². The van der Waals surface area contributed by atoms with Crippen LogP contribution in [0, 0.1) is 5.82 Å². The van der Waals surface area contributed by atoms with Crippen molar-refractivity contribution in [2.24, 2.45) is 0 Å². The number of hydrogen-bond donors (Lipinski definition) is 1. The van der Waals surface area contributed by atoms with Crippen LogP contribution in [0.25, 0.3) is 10.9 Å². The SMILES string of the molecule is Fc1cccc(Cn2ncc3cc(Nc4ccncn4)ccc32)c1. The summed E-state index contributed by atoms with van der Waals surface area (Å²) in [4.78, 5) is 8.04. The molecule has 1 N–H and O–H groups in total. The summed E-state index contributed by atoms with van der Waals surface area (Å²) in [7, 11) is 0. The molecule has 2 aromatic carbocycles. The third-order valence-electron chi connectivity index (χ3n) is 3.72. The monoisotopic (exact) mass is 319 g/mol. The van der Waals surface area contributed by atoms with Gasteiger partial charge in [-0.15, -0.1) is 0 Å². The number of halogens is 1. The Balaban J connectivity index is 1.61. The molecule has 0 saturated carbocycles. The lowest BCUT2D eigenvalue weighted by Crippen LogP contribution is -2.01. The van der Waals surface area contributed by atoms with Gasteiger partial charge in [0.05, 0.1) is 18.3 Å². The van der Waals surface area contributed by atoms with E-state index in [1.165, 1.54) is 18.5 Å². The highest BCUT2D eigenvalue weighted by atomic mass is 19.1. The van der Waals surface area contributed by atoms with E-state index in [2.05, 4.69) is 20.4 Å². The van der Waals surface area contributed by atoms with Crippen LogP contribution >= 0.6 is 0 Å². The molecule has 4 aromatic rings. The molecule has 0 saturated heterocycles. The van der Waals surface area contributed by atoms with E-state index in [1.807, 2.05) is 28.9 Å². The summed E-state index contributed by atoms with van der Waals surface area (Å²) in [5.74, 6) is 0.497. The molecule has 0 bridgehead atoms. The lowest BCUT2D eigenvalue weighted by atomic mass is 10.2. The first kappa shape index (κ1) is 14.3. The zero-order valence-corrected chi connectivity index (χ0v) is 12.7. The predicted molar refractivity (Wildman–Crippen MR) is 90.5 cm³/mol. The summed E-state index contributed by atoms with van der Waals surface area (Å²) in [6, 6.07) is 14.3. The number of aromatic nitrogens is 4. The maximum atomic E-state index is 13.3. The molecule has 2 heterocycles. The van der Waals surface area contributed by atoms with Gasteiger partial charge in [0.1, 0.15) is 18.0 Å². The largest absolute Gasteiger partial charge is 0.340 e. The lowest BCUT2D eigenvalue weighted by molar-refractivity contribution is 0.621. The summed E-state index contributed by atoms with van der Waals surface area (Å²) in [5.41, 5.74) is 2.79. The van der Waals surface area contributed by atoms with Gasteiger partial charge in [0.2, 0.25) is 0 Å². The zero-order chi connectivity index (χ0) is 16.4. The Morgan fingerprint density at radius 2 is 2.04 bits per heavy atom. The minimum atomic E-state index is -0.236. The highest BCUT2D eigenvalue weighted by Gasteiger charge is 2.06. The number of hydrogen-bond acceptors (Lipinski definition) is 4. The topological polar surface area (TPSA) is 55.6 Å². The Labute approximate surface area is 137 Å². The second kappa shape index (κ2) is 6.08. The van der Waals surface area contributed by atoms with E-state index in [1.54, 1.807) is 24.5 Å². The fraction of sp³-hybridized carbons (Fsp3) is 0.0556. The average molecular weight is 319 g/mol. The molecule has 0 aliphatic carbocycles. The van der Waals surface area contributed by atoms with Crippen molar-refractivity contribution in [1.29, 1.82) is 0 Å². The molecule has 0 spiro atoms. The van der Waals surface area contributed by atoms with Gasteiger partial charge in [-0.05, 0) is 42.0 Å². The molecule has 118 valence electrons. The number of fused-ring (bicyclic) bond motifs is 1. The Hall–Kier alpha value is -3.28. The van der Waals surface area contributed by atoms with Crippen molar-refractivity contribution in [2.45, 2.75) is 6.54 Å². The van der Waals surface area contributed by atoms with Crippen molar-refractivity contribution in [3.63, 3.8) is 0 Å². The van der Waals surface area contributed by atoms with Gasteiger partial charge in [-0.3, -0.25) is 4.68 Å². The molecule has 0 radical (unpaired) electrons. The van der Waals surface area contributed by atoms with Crippen molar-refractivity contribution in [1.82, 2.24) is 19.7 Å². The van der Waals surface area contributed by atoms with E-state index in [0.29, 0.717) is 6.54 Å². The molecule has 0 amide bonds. The van der Waals surface area contributed by atoms with Gasteiger partial charge in [0, 0.05) is 17.3 Å². The van der Waals surface area contributed by atoms with Crippen LogP contribution < -0.4 is 5.32 Å². The van der Waals surface area contributed by atoms with E-state index in [4.69, 9.17) is 0 Å². The highest BCUT2D eigenvalue weighted by molar-refractivity contribution is 5.83. The molecule has 0 unspecified atom stereocenters. The number of anilines is 2. The van der Waals surface area contributed by atoms with Gasteiger partial charge in [-0.1, -0.05) is 12.1 Å². The Kier molecular flexibility index (Phi) is 3.63. The average Bonchev–Trinajstić information content (AvgIpc) is 2.98. The van der Waals surface area contributed by atoms with Crippen LogP contribution in [0.15, 0.2) is 67.3 Å². The molecule has 24 heavy (non-hydrogen) atoms. The summed E-state index contributed by atoms with van der Waals surface area (Å²) in [6.07, 6.45) is 4.99. The van der Waals surface area contributed by atoms with Crippen molar-refractivity contribution in [2.75, 3.05) is 5.32 Å². The van der Waals surface area contributed by atoms with E-state index < -0.39 is 0 Å². The van der Waals surface area contributed by atoms with E-state index in [-0.39, 0.29) is 5.82 Å². The molecular formula is C18H14FN5. The van der Waals surface area contributed by atoms with Crippen molar-refractivity contribution < 1.29 is 4.39 Å². The van der Waals surface area contributed by atoms with E-state index in [0.717, 1.165) is 28.0 Å². The van der Waals surface area contributed by atoms with Gasteiger partial charge in [-0.2, -0.15) is 5.10 Å². The fourth-order valence-corrected chi connectivity index (χ4v) is 2.61. The van der Waals surface area contributed by atoms with Crippen LogP contribution in [0.3, 0.4) is 0 Å². The second-order valence-electron chi connectivity index (χ2n) is 5.43. The van der Waals surface area contributed by atoms with Crippen LogP contribution in [0.1, 0.15) is 5.56 Å². The maximum absolute atomic E-state index is 13.3. The molecular weight excluding hydrogens is 305 g/mol. The number of benzene rings is 2. The quantitative estimate of drug-likeness (QED) is 0.622. The van der Waals surface area contributed by atoms with Crippen LogP contribution in [-0.4, -0.2) is 19.7 Å². The maximum Gasteiger partial charge on any atom is 0.133 e. The number of nitrogens with zero attached hydrogens (tertiary/aromatic N) is 4. The smallest absolute Gasteiger partial charge is 0.133 e. The van der Waals surface area contributed by atoms with Crippen LogP contribution in [0.5, 0.6) is 0 Å². The molecule has 0 aliphatic heterocycles. The van der Waals surface area contributed by atoms with Crippen molar-refractivity contribution >= 4 is 22.4 Å². The Morgan fingerprint density at radius 3 is 2.88 bits per heavy atom. The van der Waals surface area contributed by atoms with Crippen LogP contribution in [-0.2, 0) is 6.54 Å². The minimum absolute atomic E-state index is 0.236. The lowest BCUT2D eigenvalue weighted by Gasteiger charge is -2.07. The van der Waals surface area contributed by atoms with E-state index in [9.17, 15) is 4.39 Å². The first-order chi connectivity index (χ1) is 11.8. The molecule has 2 aromatic heterocycles. The molecule has 0 aliphatic rings. The molecule has 5 nitrogen and oxygen atoms in total. The zero-order valence-electron chi connectivity index (χ0n) is 12.7. The minimum Gasteiger partial charge on any atom is -0.340 e. The Morgan fingerprint density at radius 1 is 1.08 bits per heavy atom. The van der Waals surface area contributed by atoms with Gasteiger partial charge >= 0.3 is 0 Å². The normalized spacial score (nSPS) is 10.9. The molecule has 0 atom stereocenters. The second-order valence-corrected chi connectivity index (χ2v) is 5.43. The van der Waals surface area contributed by atoms with Gasteiger partial charge in [0.15, 0.2) is 0 Å². The summed E-state index contributed by atoms with van der Waals surface area (Å²) >= 11 is 0. The van der Waals surface area contributed by atoms with Crippen molar-refractivity contribution in [3.8, 4) is 0 Å². The summed E-state index contributed by atoms with van der Waals surface area (Å²) < 4.78 is 15.2. The number of nitrogens with one attached hydrogen (secondary N) is 1. The first-order valence-electron chi connectivity index (χ1n) is 7.51. The Bertz CT molecular complexity index is 981.